The Morgan fingerprint density at radius 1 is 0.244 bits per heavy atom. The number of rotatable bonds is 8. The van der Waals surface area contributed by atoms with Crippen LogP contribution in [0.25, 0.3) is 121 Å². The summed E-state index contributed by atoms with van der Waals surface area (Å²) in [7, 11) is 0. The number of fused-ring (bicyclic) bond motifs is 14. The molecule has 0 unspecified atom stereocenters. The largest absolute Gasteiger partial charge is 0.456 e. The fourth-order valence-electron chi connectivity index (χ4n) is 15.3. The van der Waals surface area contributed by atoms with Crippen LogP contribution in [0.1, 0.15) is 0 Å². The number of hydrogen-bond acceptors (Lipinski definition) is 3. The summed E-state index contributed by atoms with van der Waals surface area (Å²) in [6.07, 6.45) is 0. The van der Waals surface area contributed by atoms with Crippen molar-refractivity contribution >= 4 is 123 Å². The highest BCUT2D eigenvalue weighted by molar-refractivity contribution is 7.00. The van der Waals surface area contributed by atoms with Gasteiger partial charge in [0, 0.05) is 72.3 Å². The number of benzene rings is 14. The molecule has 0 atom stereocenters. The molecule has 17 aromatic rings. The Kier molecular flexibility index (Phi) is 11.1. The molecule has 3 aromatic heterocycles. The van der Waals surface area contributed by atoms with Crippen LogP contribution >= 0.6 is 0 Å². The molecule has 0 aliphatic carbocycles. The summed E-state index contributed by atoms with van der Waals surface area (Å²) >= 11 is 0. The first-order chi connectivity index (χ1) is 44.7. The van der Waals surface area contributed by atoms with E-state index in [1.807, 2.05) is 0 Å². The van der Waals surface area contributed by atoms with Gasteiger partial charge in [-0.1, -0.05) is 261 Å². The molecule has 0 fully saturated rings. The van der Waals surface area contributed by atoms with E-state index in [9.17, 15) is 0 Å². The molecule has 14 aromatic carbocycles. The Morgan fingerprint density at radius 2 is 0.600 bits per heavy atom. The van der Waals surface area contributed by atoms with E-state index in [0.29, 0.717) is 0 Å². The third-order valence-corrected chi connectivity index (χ3v) is 19.1. The molecule has 0 N–H and O–H groups in total. The summed E-state index contributed by atoms with van der Waals surface area (Å²) in [5.41, 5.74) is 27.5. The van der Waals surface area contributed by atoms with Crippen molar-refractivity contribution in [2.24, 2.45) is 0 Å². The molecular weight excluding hydrogens is 1090 g/mol. The fourth-order valence-corrected chi connectivity index (χ4v) is 15.3. The number of aromatic nitrogens is 2. The molecule has 2 aliphatic rings. The fraction of sp³-hybridized carbons (Fsp3) is 0. The molecule has 5 heterocycles. The van der Waals surface area contributed by atoms with Crippen molar-refractivity contribution in [1.29, 1.82) is 0 Å². The van der Waals surface area contributed by atoms with Gasteiger partial charge >= 0.3 is 0 Å². The predicted molar refractivity (Wildman–Crippen MR) is 378 cm³/mol. The van der Waals surface area contributed by atoms with Crippen LogP contribution in [0.15, 0.2) is 326 Å². The first kappa shape index (κ1) is 50.3. The number of nitrogens with zero attached hydrogens (tertiary/aromatic N) is 4. The van der Waals surface area contributed by atoms with Crippen LogP contribution < -0.4 is 26.2 Å². The van der Waals surface area contributed by atoms with Crippen LogP contribution in [0.4, 0.5) is 34.1 Å². The van der Waals surface area contributed by atoms with Crippen LogP contribution in [0.2, 0.25) is 0 Å². The maximum atomic E-state index is 7.34. The van der Waals surface area contributed by atoms with Gasteiger partial charge in [0.2, 0.25) is 0 Å². The molecule has 5 nitrogen and oxygen atoms in total. The van der Waals surface area contributed by atoms with E-state index in [-0.39, 0.29) is 6.71 Å². The zero-order valence-electron chi connectivity index (χ0n) is 48.9. The van der Waals surface area contributed by atoms with E-state index < -0.39 is 0 Å². The second kappa shape index (κ2) is 19.8. The molecule has 0 spiro atoms. The maximum Gasteiger partial charge on any atom is 0.252 e. The van der Waals surface area contributed by atoms with Gasteiger partial charge in [-0.15, -0.1) is 0 Å². The summed E-state index contributed by atoms with van der Waals surface area (Å²) in [6.45, 7) is -0.317. The van der Waals surface area contributed by atoms with Gasteiger partial charge in [-0.25, -0.2) is 0 Å². The van der Waals surface area contributed by atoms with Gasteiger partial charge in [-0.3, -0.25) is 0 Å². The van der Waals surface area contributed by atoms with Crippen molar-refractivity contribution < 1.29 is 4.42 Å². The quantitative estimate of drug-likeness (QED) is 0.142. The van der Waals surface area contributed by atoms with E-state index in [4.69, 9.17) is 4.42 Å². The Morgan fingerprint density at radius 3 is 1.06 bits per heavy atom. The Bertz CT molecular complexity index is 5590. The molecule has 0 bridgehead atoms. The average Bonchev–Trinajstić information content (AvgIpc) is 1.34. The van der Waals surface area contributed by atoms with Crippen LogP contribution in [0.5, 0.6) is 0 Å². The lowest BCUT2D eigenvalue weighted by Gasteiger charge is -2.45. The maximum absolute atomic E-state index is 7.34. The SMILES string of the molecule is c1ccc(-c2ccccc2N2c3cc(-n4c5ccccc5c5ccccc54)c(-c4ccccc4)cc3B3c4cc(-c5ccccc5)c(-n5c6ccccc6c6ccccc65)cc4N(c4ccccc4-c4ccccc4)c4c3c2cc2oc3ccccc3c42)cc1. The van der Waals surface area contributed by atoms with Gasteiger partial charge in [0.25, 0.3) is 6.71 Å². The zero-order valence-corrected chi connectivity index (χ0v) is 48.9. The van der Waals surface area contributed by atoms with Crippen molar-refractivity contribution in [2.75, 3.05) is 9.80 Å². The van der Waals surface area contributed by atoms with Gasteiger partial charge in [0.1, 0.15) is 11.2 Å². The second-order valence-corrected chi connectivity index (χ2v) is 23.8. The number of furan rings is 1. The second-order valence-electron chi connectivity index (χ2n) is 23.8. The van der Waals surface area contributed by atoms with E-state index >= 15 is 0 Å². The third-order valence-electron chi connectivity index (χ3n) is 19.1. The van der Waals surface area contributed by atoms with Crippen molar-refractivity contribution in [3.63, 3.8) is 0 Å². The summed E-state index contributed by atoms with van der Waals surface area (Å²) < 4.78 is 12.4. The summed E-state index contributed by atoms with van der Waals surface area (Å²) in [5, 5.41) is 6.97. The standard InChI is InChI=1S/C84H53BN4O/c1-5-27-54(28-6-1)58-35-13-20-42-69(58)88-77-51-75(86-71-44-22-15-37-60(71)61-38-16-23-45-72(61)86)65(56-31-9-3-10-32-56)49-67(77)85-68-50-66(57-33-11-4-12-34-57)76(87-73-46-24-17-39-62(73)63-40-18-25-47-74(63)87)52-78(68)89(70-43-21-14-36-59(70)55-29-7-2-8-30-55)84-82-64-41-19-26-48-80(64)90-81(82)53-79(88)83(84)85/h1-53H. The molecule has 90 heavy (non-hydrogen) atoms. The minimum absolute atomic E-state index is 0.317. The summed E-state index contributed by atoms with van der Waals surface area (Å²) in [6, 6.07) is 119. The molecule has 0 radical (unpaired) electrons. The lowest BCUT2D eigenvalue weighted by Crippen LogP contribution is -2.61. The van der Waals surface area contributed by atoms with Gasteiger partial charge in [0.15, 0.2) is 0 Å². The molecule has 2 aliphatic heterocycles. The highest BCUT2D eigenvalue weighted by atomic mass is 16.3. The molecular formula is C84H53BN4O. The average molecular weight is 1150 g/mol. The van der Waals surface area contributed by atoms with Gasteiger partial charge in [-0.05, 0) is 93.2 Å². The molecule has 6 heteroatoms. The summed E-state index contributed by atoms with van der Waals surface area (Å²) in [5.74, 6) is 0. The van der Waals surface area contributed by atoms with E-state index in [0.717, 1.165) is 134 Å². The minimum atomic E-state index is -0.317. The highest BCUT2D eigenvalue weighted by Gasteiger charge is 2.47. The Hall–Kier alpha value is -11.9. The zero-order chi connectivity index (χ0) is 59.0. The van der Waals surface area contributed by atoms with Crippen LogP contribution in [0.3, 0.4) is 0 Å². The molecule has 19 rings (SSSR count). The van der Waals surface area contributed by atoms with Crippen molar-refractivity contribution in [3.05, 3.63) is 322 Å². The van der Waals surface area contributed by atoms with Crippen molar-refractivity contribution in [2.45, 2.75) is 0 Å². The summed E-state index contributed by atoms with van der Waals surface area (Å²) in [4.78, 5) is 5.21. The normalized spacial score (nSPS) is 12.6. The van der Waals surface area contributed by atoms with E-state index in [1.165, 1.54) is 37.9 Å². The number of anilines is 6. The predicted octanol–water partition coefficient (Wildman–Crippen LogP) is 20.5. The van der Waals surface area contributed by atoms with Gasteiger partial charge < -0.3 is 23.4 Å². The molecule has 0 saturated carbocycles. The number of para-hydroxylation sites is 7. The first-order valence-electron chi connectivity index (χ1n) is 31.0. The topological polar surface area (TPSA) is 29.5 Å². The van der Waals surface area contributed by atoms with E-state index in [2.05, 4.69) is 340 Å². The monoisotopic (exact) mass is 1140 g/mol. The van der Waals surface area contributed by atoms with Crippen LogP contribution in [0, 0.1) is 0 Å². The van der Waals surface area contributed by atoms with Gasteiger partial charge in [0.05, 0.1) is 55.9 Å². The Labute approximate surface area is 520 Å². The number of hydrogen-bond donors (Lipinski definition) is 0. The third kappa shape index (κ3) is 7.39. The lowest BCUT2D eigenvalue weighted by molar-refractivity contribution is 0.669. The Balaban J connectivity index is 1.03. The lowest BCUT2D eigenvalue weighted by atomic mass is 9.33. The smallest absolute Gasteiger partial charge is 0.252 e. The van der Waals surface area contributed by atoms with Gasteiger partial charge in [-0.2, -0.15) is 0 Å². The molecule has 0 saturated heterocycles. The first-order valence-corrected chi connectivity index (χ1v) is 31.0. The van der Waals surface area contributed by atoms with E-state index in [1.54, 1.807) is 0 Å². The van der Waals surface area contributed by atoms with Crippen molar-refractivity contribution in [1.82, 2.24) is 9.13 Å². The van der Waals surface area contributed by atoms with Crippen molar-refractivity contribution in [3.8, 4) is 55.9 Å². The van der Waals surface area contributed by atoms with Crippen LogP contribution in [-0.4, -0.2) is 15.8 Å². The van der Waals surface area contributed by atoms with Crippen LogP contribution in [-0.2, 0) is 0 Å². The minimum Gasteiger partial charge on any atom is -0.456 e. The highest BCUT2D eigenvalue weighted by Crippen LogP contribution is 2.54. The molecule has 0 amide bonds. The molecule has 418 valence electrons.